The minimum absolute atomic E-state index is 0.486. The number of allylic oxidation sites excluding steroid dienone is 1. The number of hydrogen-bond acceptors (Lipinski definition) is 5. The molecule has 0 bridgehead atoms. The van der Waals surface area contributed by atoms with Crippen LogP contribution in [-0.4, -0.2) is 45.0 Å². The molecule has 2 heterocycles. The van der Waals surface area contributed by atoms with Crippen LogP contribution in [0.15, 0.2) is 23.3 Å². The number of nitrogens with one attached hydrogen (secondary N) is 1. The van der Waals surface area contributed by atoms with Gasteiger partial charge in [-0.2, -0.15) is 0 Å². The Morgan fingerprint density at radius 1 is 1.35 bits per heavy atom. The molecule has 0 aromatic heterocycles. The van der Waals surface area contributed by atoms with E-state index in [1.807, 2.05) is 6.21 Å². The van der Waals surface area contributed by atoms with E-state index in [4.69, 9.17) is 10.5 Å². The molecule has 0 spiro atoms. The van der Waals surface area contributed by atoms with Crippen molar-refractivity contribution in [1.82, 2.24) is 5.32 Å². The highest BCUT2D eigenvalue weighted by Crippen LogP contribution is 2.40. The van der Waals surface area contributed by atoms with E-state index >= 15 is 0 Å². The number of fused-ring (bicyclic) bond motifs is 1. The topological polar surface area (TPSA) is 62.9 Å². The third-order valence-electron chi connectivity index (χ3n) is 5.88. The zero-order valence-corrected chi connectivity index (χ0v) is 15.9. The minimum Gasteiger partial charge on any atom is -0.492 e. The summed E-state index contributed by atoms with van der Waals surface area (Å²) in [6.45, 7) is 5.13. The summed E-state index contributed by atoms with van der Waals surface area (Å²) in [6, 6.07) is 5.41. The first kappa shape index (κ1) is 17.4. The average Bonchev–Trinajstić information content (AvgIpc) is 3.42. The first-order valence-electron chi connectivity index (χ1n) is 9.85. The van der Waals surface area contributed by atoms with Gasteiger partial charge in [-0.25, -0.2) is 0 Å². The largest absolute Gasteiger partial charge is 0.492 e. The first-order chi connectivity index (χ1) is 12.7. The van der Waals surface area contributed by atoms with Gasteiger partial charge in [0, 0.05) is 66.9 Å². The molecular formula is C21H30N4O. The summed E-state index contributed by atoms with van der Waals surface area (Å²) >= 11 is 0. The second kappa shape index (κ2) is 7.31. The second-order valence-corrected chi connectivity index (χ2v) is 7.91. The van der Waals surface area contributed by atoms with E-state index in [0.29, 0.717) is 18.0 Å². The van der Waals surface area contributed by atoms with E-state index in [9.17, 15) is 0 Å². The summed E-state index contributed by atoms with van der Waals surface area (Å²) in [5, 5.41) is 3.32. The predicted octanol–water partition coefficient (Wildman–Crippen LogP) is 2.59. The lowest BCUT2D eigenvalue weighted by Gasteiger charge is -2.36. The number of aliphatic imine (C=N–C) groups is 1. The van der Waals surface area contributed by atoms with Crippen LogP contribution >= 0.6 is 0 Å². The lowest BCUT2D eigenvalue weighted by molar-refractivity contribution is 0.197. The van der Waals surface area contributed by atoms with Crippen LogP contribution in [0.2, 0.25) is 0 Å². The normalized spacial score (nSPS) is 23.8. The minimum atomic E-state index is 0.486. The molecule has 1 atom stereocenters. The van der Waals surface area contributed by atoms with E-state index in [-0.39, 0.29) is 0 Å². The summed E-state index contributed by atoms with van der Waals surface area (Å²) in [4.78, 5) is 7.00. The van der Waals surface area contributed by atoms with Crippen LogP contribution in [0.4, 0.5) is 5.69 Å². The van der Waals surface area contributed by atoms with E-state index in [2.05, 4.69) is 41.3 Å². The molecule has 5 nitrogen and oxygen atoms in total. The van der Waals surface area contributed by atoms with Gasteiger partial charge in [0.1, 0.15) is 5.75 Å². The third kappa shape index (κ3) is 3.45. The SMILES string of the molecule is CC1CCc2c(ccc(C(C=NC3CC3)=CN)c2OCC2CNC2)N1C. The van der Waals surface area contributed by atoms with E-state index in [1.54, 1.807) is 6.20 Å². The molecule has 1 saturated heterocycles. The van der Waals surface area contributed by atoms with Crippen molar-refractivity contribution in [3.8, 4) is 5.75 Å². The Balaban J connectivity index is 1.69. The van der Waals surface area contributed by atoms with Crippen LogP contribution in [0.5, 0.6) is 5.75 Å². The highest BCUT2D eigenvalue weighted by molar-refractivity contribution is 6.11. The quantitative estimate of drug-likeness (QED) is 0.771. The molecule has 26 heavy (non-hydrogen) atoms. The predicted molar refractivity (Wildman–Crippen MR) is 108 cm³/mol. The number of benzene rings is 1. The van der Waals surface area contributed by atoms with Crippen molar-refractivity contribution >= 4 is 17.5 Å². The van der Waals surface area contributed by atoms with Crippen LogP contribution in [0, 0.1) is 5.92 Å². The van der Waals surface area contributed by atoms with E-state index in [0.717, 1.165) is 49.4 Å². The number of anilines is 1. The van der Waals surface area contributed by atoms with Gasteiger partial charge in [-0.15, -0.1) is 0 Å². The zero-order chi connectivity index (χ0) is 18.1. The maximum atomic E-state index is 6.40. The summed E-state index contributed by atoms with van der Waals surface area (Å²) in [5.41, 5.74) is 10.6. The molecule has 0 radical (unpaired) electrons. The maximum absolute atomic E-state index is 6.40. The molecule has 0 amide bonds. The molecule has 1 aliphatic carbocycles. The number of nitrogens with zero attached hydrogens (tertiary/aromatic N) is 2. The lowest BCUT2D eigenvalue weighted by atomic mass is 9.92. The maximum Gasteiger partial charge on any atom is 0.132 e. The molecule has 2 aliphatic heterocycles. The fourth-order valence-electron chi connectivity index (χ4n) is 3.65. The molecule has 1 unspecified atom stereocenters. The van der Waals surface area contributed by atoms with Crippen LogP contribution in [0.3, 0.4) is 0 Å². The monoisotopic (exact) mass is 354 g/mol. The zero-order valence-electron chi connectivity index (χ0n) is 15.9. The van der Waals surface area contributed by atoms with Crippen LogP contribution in [-0.2, 0) is 6.42 Å². The molecule has 140 valence electrons. The Morgan fingerprint density at radius 2 is 2.15 bits per heavy atom. The summed E-state index contributed by atoms with van der Waals surface area (Å²) in [5.74, 6) is 1.61. The number of hydrogen-bond donors (Lipinski definition) is 2. The van der Waals surface area contributed by atoms with Gasteiger partial charge in [0.15, 0.2) is 0 Å². The van der Waals surface area contributed by atoms with Crippen molar-refractivity contribution in [2.45, 2.75) is 44.7 Å². The van der Waals surface area contributed by atoms with Crippen molar-refractivity contribution < 1.29 is 4.74 Å². The van der Waals surface area contributed by atoms with Gasteiger partial charge in [-0.1, -0.05) is 0 Å². The Bertz CT molecular complexity index is 719. The van der Waals surface area contributed by atoms with E-state index < -0.39 is 0 Å². The van der Waals surface area contributed by atoms with Crippen molar-refractivity contribution in [1.29, 1.82) is 0 Å². The van der Waals surface area contributed by atoms with Crippen molar-refractivity contribution in [3.63, 3.8) is 0 Å². The lowest BCUT2D eigenvalue weighted by Crippen LogP contribution is -2.45. The highest BCUT2D eigenvalue weighted by Gasteiger charge is 2.27. The van der Waals surface area contributed by atoms with Gasteiger partial charge in [0.2, 0.25) is 0 Å². The first-order valence-corrected chi connectivity index (χ1v) is 9.85. The van der Waals surface area contributed by atoms with Gasteiger partial charge in [-0.3, -0.25) is 4.99 Å². The van der Waals surface area contributed by atoms with Gasteiger partial charge in [-0.05, 0) is 44.7 Å². The standard InChI is InChI=1S/C21H30N4O/c1-14-3-6-19-20(25(14)2)8-7-18(16(9-22)12-24-17-4-5-17)21(19)26-13-15-10-23-11-15/h7-9,12,14-15,17,23H,3-6,10-11,13,22H2,1-2H3. The third-order valence-corrected chi connectivity index (χ3v) is 5.88. The highest BCUT2D eigenvalue weighted by atomic mass is 16.5. The molecule has 3 N–H and O–H groups in total. The molecule has 3 aliphatic rings. The fraction of sp³-hybridized carbons (Fsp3) is 0.571. The molecule has 1 aromatic rings. The summed E-state index contributed by atoms with van der Waals surface area (Å²) in [6.07, 6.45) is 8.18. The molecule has 2 fully saturated rings. The van der Waals surface area contributed by atoms with Crippen LogP contribution < -0.4 is 20.7 Å². The Morgan fingerprint density at radius 3 is 2.81 bits per heavy atom. The van der Waals surface area contributed by atoms with Crippen LogP contribution in [0.1, 0.15) is 37.3 Å². The van der Waals surface area contributed by atoms with Gasteiger partial charge in [0.05, 0.1) is 12.6 Å². The van der Waals surface area contributed by atoms with Crippen LogP contribution in [0.25, 0.3) is 5.57 Å². The smallest absolute Gasteiger partial charge is 0.132 e. The number of nitrogens with two attached hydrogens (primary N) is 1. The van der Waals surface area contributed by atoms with Crippen molar-refractivity contribution in [2.24, 2.45) is 16.6 Å². The van der Waals surface area contributed by atoms with Gasteiger partial charge < -0.3 is 20.7 Å². The Kier molecular flexibility index (Phi) is 4.90. The summed E-state index contributed by atoms with van der Waals surface area (Å²) in [7, 11) is 2.18. The van der Waals surface area contributed by atoms with E-state index in [1.165, 1.54) is 24.1 Å². The van der Waals surface area contributed by atoms with Gasteiger partial charge in [0.25, 0.3) is 0 Å². The molecule has 4 rings (SSSR count). The van der Waals surface area contributed by atoms with Gasteiger partial charge >= 0.3 is 0 Å². The Labute approximate surface area is 156 Å². The fourth-order valence-corrected chi connectivity index (χ4v) is 3.65. The summed E-state index contributed by atoms with van der Waals surface area (Å²) < 4.78 is 6.40. The molecule has 1 aromatic carbocycles. The Hall–Kier alpha value is -2.01. The second-order valence-electron chi connectivity index (χ2n) is 7.91. The molecule has 1 saturated carbocycles. The van der Waals surface area contributed by atoms with Crippen molar-refractivity contribution in [2.75, 3.05) is 31.6 Å². The molecular weight excluding hydrogens is 324 g/mol. The average molecular weight is 354 g/mol. The molecule has 5 heteroatoms. The van der Waals surface area contributed by atoms with Crippen molar-refractivity contribution in [3.05, 3.63) is 29.5 Å². The number of rotatable bonds is 6. The number of ether oxygens (including phenoxy) is 1.